The number of H-pyrrole nitrogens is 1. The summed E-state index contributed by atoms with van der Waals surface area (Å²) in [6.45, 7) is 0. The SMILES string of the molecule is O=Cc1ccc(C=NN(C(=O)c2ccncc2)C(=O)c2ccncc2)[nH]1. The van der Waals surface area contributed by atoms with E-state index < -0.39 is 11.8 Å². The zero-order valence-electron chi connectivity index (χ0n) is 13.4. The number of hydrogen-bond donors (Lipinski definition) is 1. The molecule has 0 saturated heterocycles. The number of hydrogen-bond acceptors (Lipinski definition) is 6. The van der Waals surface area contributed by atoms with Gasteiger partial charge in [0.1, 0.15) is 0 Å². The smallest absolute Gasteiger partial charge is 0.281 e. The van der Waals surface area contributed by atoms with Crippen molar-refractivity contribution in [2.45, 2.75) is 0 Å². The van der Waals surface area contributed by atoms with Crippen molar-refractivity contribution in [3.8, 4) is 0 Å². The lowest BCUT2D eigenvalue weighted by Crippen LogP contribution is -2.32. The molecule has 0 aliphatic rings. The van der Waals surface area contributed by atoms with Gasteiger partial charge >= 0.3 is 0 Å². The van der Waals surface area contributed by atoms with Crippen LogP contribution in [0.3, 0.4) is 0 Å². The number of imide groups is 1. The number of carbonyl (C=O) groups excluding carboxylic acids is 3. The molecule has 128 valence electrons. The van der Waals surface area contributed by atoms with E-state index in [0.29, 0.717) is 17.7 Å². The molecule has 2 amide bonds. The summed E-state index contributed by atoms with van der Waals surface area (Å²) in [5.41, 5.74) is 1.36. The second-order valence-corrected chi connectivity index (χ2v) is 5.13. The van der Waals surface area contributed by atoms with Gasteiger partial charge in [-0.25, -0.2) is 0 Å². The zero-order chi connectivity index (χ0) is 18.4. The molecule has 3 rings (SSSR count). The molecule has 26 heavy (non-hydrogen) atoms. The maximum Gasteiger partial charge on any atom is 0.281 e. The van der Waals surface area contributed by atoms with Crippen molar-refractivity contribution in [2.75, 3.05) is 0 Å². The van der Waals surface area contributed by atoms with Crippen molar-refractivity contribution in [1.29, 1.82) is 0 Å². The van der Waals surface area contributed by atoms with Crippen LogP contribution in [0.5, 0.6) is 0 Å². The summed E-state index contributed by atoms with van der Waals surface area (Å²) in [5, 5.41) is 4.77. The molecule has 0 atom stereocenters. The molecule has 0 fully saturated rings. The fraction of sp³-hybridized carbons (Fsp3) is 0. The number of carbonyl (C=O) groups is 3. The number of aromatic nitrogens is 3. The Labute approximate surface area is 148 Å². The van der Waals surface area contributed by atoms with Crippen LogP contribution in [0.15, 0.2) is 66.3 Å². The Kier molecular flexibility index (Phi) is 5.04. The number of aldehydes is 1. The molecule has 0 bridgehead atoms. The molecule has 3 aromatic heterocycles. The largest absolute Gasteiger partial charge is 0.352 e. The second kappa shape index (κ2) is 7.75. The molecule has 0 saturated carbocycles. The number of aromatic amines is 1. The van der Waals surface area contributed by atoms with Crippen molar-refractivity contribution >= 4 is 24.3 Å². The van der Waals surface area contributed by atoms with Crippen LogP contribution in [0.2, 0.25) is 0 Å². The molecular weight excluding hydrogens is 334 g/mol. The van der Waals surface area contributed by atoms with E-state index in [2.05, 4.69) is 20.1 Å². The van der Waals surface area contributed by atoms with Gasteiger partial charge in [0.2, 0.25) is 0 Å². The molecule has 0 spiro atoms. The van der Waals surface area contributed by atoms with Crippen LogP contribution in [-0.2, 0) is 0 Å². The number of amides is 2. The van der Waals surface area contributed by atoms with Crippen LogP contribution in [-0.4, -0.2) is 44.3 Å². The lowest BCUT2D eigenvalue weighted by molar-refractivity contribution is 0.0621. The lowest BCUT2D eigenvalue weighted by Gasteiger charge is -2.15. The first-order valence-corrected chi connectivity index (χ1v) is 7.56. The Morgan fingerprint density at radius 3 is 1.81 bits per heavy atom. The summed E-state index contributed by atoms with van der Waals surface area (Å²) in [6.07, 6.45) is 7.76. The summed E-state index contributed by atoms with van der Waals surface area (Å²) < 4.78 is 0. The minimum absolute atomic E-state index is 0.264. The molecule has 0 aliphatic heterocycles. The van der Waals surface area contributed by atoms with Gasteiger partial charge in [0.05, 0.1) is 17.6 Å². The predicted octanol–water partition coefficient (Wildman–Crippen LogP) is 1.93. The first-order valence-electron chi connectivity index (χ1n) is 7.56. The van der Waals surface area contributed by atoms with Crippen LogP contribution in [0.1, 0.15) is 36.9 Å². The Hall–Kier alpha value is -3.94. The fourth-order valence-electron chi connectivity index (χ4n) is 2.12. The average Bonchev–Trinajstić information content (AvgIpc) is 3.17. The number of nitrogens with zero attached hydrogens (tertiary/aromatic N) is 4. The van der Waals surface area contributed by atoms with Gasteiger partial charge in [-0.1, -0.05) is 0 Å². The third-order valence-corrected chi connectivity index (χ3v) is 3.41. The number of pyridine rings is 2. The summed E-state index contributed by atoms with van der Waals surface area (Å²) in [4.78, 5) is 46.7. The Bertz CT molecular complexity index is 900. The Balaban J connectivity index is 1.94. The van der Waals surface area contributed by atoms with Gasteiger partial charge in [-0.05, 0) is 36.4 Å². The van der Waals surface area contributed by atoms with Crippen LogP contribution >= 0.6 is 0 Å². The van der Waals surface area contributed by atoms with Gasteiger partial charge in [-0.3, -0.25) is 24.4 Å². The van der Waals surface area contributed by atoms with E-state index in [0.717, 1.165) is 5.01 Å². The van der Waals surface area contributed by atoms with Crippen molar-refractivity contribution in [2.24, 2.45) is 5.10 Å². The van der Waals surface area contributed by atoms with E-state index in [1.165, 1.54) is 55.3 Å². The van der Waals surface area contributed by atoms with Gasteiger partial charge in [-0.15, -0.1) is 0 Å². The maximum atomic E-state index is 12.7. The normalized spacial score (nSPS) is 10.6. The van der Waals surface area contributed by atoms with E-state index in [9.17, 15) is 14.4 Å². The molecule has 8 heteroatoms. The maximum absolute atomic E-state index is 12.7. The third kappa shape index (κ3) is 3.75. The fourth-order valence-corrected chi connectivity index (χ4v) is 2.12. The minimum Gasteiger partial charge on any atom is -0.352 e. The lowest BCUT2D eigenvalue weighted by atomic mass is 10.2. The second-order valence-electron chi connectivity index (χ2n) is 5.13. The van der Waals surface area contributed by atoms with Gasteiger partial charge in [-0.2, -0.15) is 10.1 Å². The summed E-state index contributed by atoms with van der Waals surface area (Å²) >= 11 is 0. The highest BCUT2D eigenvalue weighted by Crippen LogP contribution is 2.10. The quantitative estimate of drug-likeness (QED) is 0.328. The van der Waals surface area contributed by atoms with E-state index in [1.807, 2.05) is 0 Å². The predicted molar refractivity (Wildman–Crippen MR) is 92.7 cm³/mol. The highest BCUT2D eigenvalue weighted by atomic mass is 16.2. The number of rotatable bonds is 5. The van der Waals surface area contributed by atoms with Crippen molar-refractivity contribution in [1.82, 2.24) is 20.0 Å². The minimum atomic E-state index is -0.604. The molecule has 8 nitrogen and oxygen atoms in total. The number of hydrazone groups is 1. The zero-order valence-corrected chi connectivity index (χ0v) is 13.4. The first-order chi connectivity index (χ1) is 12.7. The highest BCUT2D eigenvalue weighted by Gasteiger charge is 2.23. The molecule has 0 radical (unpaired) electrons. The Morgan fingerprint density at radius 2 is 1.35 bits per heavy atom. The standard InChI is InChI=1S/C18H13N5O3/c24-12-16-2-1-15(22-16)11-21-23(17(25)13-3-7-19-8-4-13)18(26)14-5-9-20-10-6-14/h1-12,22H. The van der Waals surface area contributed by atoms with E-state index in [-0.39, 0.29) is 11.1 Å². The third-order valence-electron chi connectivity index (χ3n) is 3.41. The van der Waals surface area contributed by atoms with E-state index >= 15 is 0 Å². The van der Waals surface area contributed by atoms with Crippen LogP contribution in [0.4, 0.5) is 0 Å². The molecule has 1 N–H and O–H groups in total. The summed E-state index contributed by atoms with van der Waals surface area (Å²) in [5.74, 6) is -1.21. The first kappa shape index (κ1) is 16.9. The topological polar surface area (TPSA) is 108 Å². The molecule has 0 aromatic carbocycles. The van der Waals surface area contributed by atoms with Crippen molar-refractivity contribution in [3.05, 3.63) is 83.7 Å². The van der Waals surface area contributed by atoms with Gasteiger partial charge in [0.25, 0.3) is 11.8 Å². The molecule has 3 aromatic rings. The number of nitrogens with one attached hydrogen (secondary N) is 1. The van der Waals surface area contributed by atoms with Gasteiger partial charge in [0.15, 0.2) is 6.29 Å². The molecule has 3 heterocycles. The molecule has 0 aliphatic carbocycles. The molecular formula is C18H13N5O3. The van der Waals surface area contributed by atoms with Crippen molar-refractivity contribution in [3.63, 3.8) is 0 Å². The average molecular weight is 347 g/mol. The molecule has 0 unspecified atom stereocenters. The van der Waals surface area contributed by atoms with E-state index in [1.54, 1.807) is 12.1 Å². The highest BCUT2D eigenvalue weighted by molar-refractivity contribution is 6.10. The summed E-state index contributed by atoms with van der Waals surface area (Å²) in [6, 6.07) is 9.13. The van der Waals surface area contributed by atoms with E-state index in [4.69, 9.17) is 0 Å². The van der Waals surface area contributed by atoms with Crippen LogP contribution in [0, 0.1) is 0 Å². The van der Waals surface area contributed by atoms with Crippen LogP contribution in [0.25, 0.3) is 0 Å². The van der Waals surface area contributed by atoms with Crippen LogP contribution < -0.4 is 0 Å². The Morgan fingerprint density at radius 1 is 0.846 bits per heavy atom. The van der Waals surface area contributed by atoms with Gasteiger partial charge < -0.3 is 4.98 Å². The van der Waals surface area contributed by atoms with Crippen molar-refractivity contribution < 1.29 is 14.4 Å². The summed E-state index contributed by atoms with van der Waals surface area (Å²) in [7, 11) is 0. The monoisotopic (exact) mass is 347 g/mol. The van der Waals surface area contributed by atoms with Gasteiger partial charge in [0, 0.05) is 35.9 Å².